The molecule has 0 aliphatic rings. The van der Waals surface area contributed by atoms with Gasteiger partial charge in [0.25, 0.3) is 0 Å². The minimum Gasteiger partial charge on any atom is -0.500 e. The molecule has 12 heteroatoms. The van der Waals surface area contributed by atoms with Gasteiger partial charge in [0.15, 0.2) is 0 Å². The van der Waals surface area contributed by atoms with Crippen molar-refractivity contribution in [1.29, 1.82) is 0 Å². The predicted octanol–water partition coefficient (Wildman–Crippen LogP) is 28.1. The van der Waals surface area contributed by atoms with E-state index in [1.165, 1.54) is 55.6 Å². The number of benzene rings is 9. The van der Waals surface area contributed by atoms with E-state index in [1.54, 1.807) is 6.20 Å². The Hall–Kier alpha value is -10.8. The molecule has 0 N–H and O–H groups in total. The van der Waals surface area contributed by atoms with Crippen molar-refractivity contribution in [3.8, 4) is 67.5 Å². The molecular weight excluding hydrogens is 1960 g/mol. The fourth-order valence-corrected chi connectivity index (χ4v) is 13.6. The Bertz CT molecular complexity index is 5990. The van der Waals surface area contributed by atoms with Crippen LogP contribution in [0, 0.1) is 71.0 Å². The summed E-state index contributed by atoms with van der Waals surface area (Å²) >= 11 is 0. The molecule has 0 bridgehead atoms. The number of hydrogen-bond donors (Lipinski definition) is 0. The van der Waals surface area contributed by atoms with Crippen LogP contribution in [0.2, 0.25) is 0 Å². The van der Waals surface area contributed by atoms with Crippen LogP contribution < -0.4 is 0 Å². The Labute approximate surface area is 724 Å². The maximum absolute atomic E-state index is 6.36. The molecule has 3 radical (unpaired) electrons. The Kier molecular flexibility index (Phi) is 30.7. The van der Waals surface area contributed by atoms with Gasteiger partial charge in [0.1, 0.15) is 16.7 Å². The van der Waals surface area contributed by atoms with E-state index in [-0.39, 0.29) is 60.3 Å². The van der Waals surface area contributed by atoms with Crippen LogP contribution in [0.1, 0.15) is 154 Å². The molecule has 0 aliphatic heterocycles. The van der Waals surface area contributed by atoms with Crippen LogP contribution in [0.3, 0.4) is 0 Å². The van der Waals surface area contributed by atoms with Crippen molar-refractivity contribution < 1.29 is 73.6 Å². The minimum atomic E-state index is 0. The van der Waals surface area contributed by atoms with Crippen molar-refractivity contribution in [3.05, 3.63) is 360 Å². The molecule has 0 fully saturated rings. The van der Waals surface area contributed by atoms with E-state index in [0.717, 1.165) is 133 Å². The fraction of sp³-hybridized carbons (Fsp3) is 0.192. The summed E-state index contributed by atoms with van der Waals surface area (Å²) in [5.74, 6) is 2.18. The summed E-state index contributed by atoms with van der Waals surface area (Å²) in [4.78, 5) is 26.6. The normalized spacial score (nSPS) is 10.9. The fourth-order valence-electron chi connectivity index (χ4n) is 13.6. The summed E-state index contributed by atoms with van der Waals surface area (Å²) in [6.45, 7) is 32.3. The predicted molar refractivity (Wildman–Crippen MR) is 467 cm³/mol. The van der Waals surface area contributed by atoms with E-state index in [0.29, 0.717) is 29.6 Å². The molecule has 9 nitrogen and oxygen atoms in total. The second-order valence-electron chi connectivity index (χ2n) is 30.1. The first-order chi connectivity index (χ1) is 54.8. The third-order valence-corrected chi connectivity index (χ3v) is 20.3. The van der Waals surface area contributed by atoms with Crippen LogP contribution in [0.4, 0.5) is 0 Å². The summed E-state index contributed by atoms with van der Waals surface area (Å²) in [5.41, 5.74) is 29.7. The molecule has 0 saturated carbocycles. The number of rotatable bonds is 11. The molecule has 0 atom stereocenters. The molecular formula is C104H94Ir3N6O3-6. The van der Waals surface area contributed by atoms with Gasteiger partial charge in [-0.25, -0.2) is 0 Å². The number of aromatic nitrogens is 6. The monoisotopic (exact) mass is 2050 g/mol. The molecule has 18 rings (SSSR count). The number of para-hydroxylation sites is 3. The maximum Gasteiger partial charge on any atom is 0.124 e. The van der Waals surface area contributed by atoms with Gasteiger partial charge in [0.05, 0.1) is 16.7 Å². The van der Waals surface area contributed by atoms with Gasteiger partial charge in [-0.1, -0.05) is 227 Å². The van der Waals surface area contributed by atoms with Gasteiger partial charge >= 0.3 is 0 Å². The smallest absolute Gasteiger partial charge is 0.124 e. The molecule has 0 saturated heterocycles. The van der Waals surface area contributed by atoms with Gasteiger partial charge in [-0.05, 0) is 150 Å². The number of pyridine rings is 6. The zero-order chi connectivity index (χ0) is 79.2. The van der Waals surface area contributed by atoms with E-state index >= 15 is 0 Å². The third kappa shape index (κ3) is 20.5. The average Bonchev–Trinajstić information content (AvgIpc) is 1.62. The Morgan fingerprint density at radius 3 is 0.914 bits per heavy atom. The third-order valence-electron chi connectivity index (χ3n) is 20.3. The van der Waals surface area contributed by atoms with Gasteiger partial charge in [-0.3, -0.25) is 0 Å². The van der Waals surface area contributed by atoms with Gasteiger partial charge in [-0.2, -0.15) is 0 Å². The molecule has 0 spiro atoms. The molecule has 116 heavy (non-hydrogen) atoms. The summed E-state index contributed by atoms with van der Waals surface area (Å²) < 4.78 is 19.0. The second kappa shape index (κ2) is 40.7. The molecule has 0 aliphatic carbocycles. The van der Waals surface area contributed by atoms with Crippen LogP contribution >= 0.6 is 0 Å². The molecule has 591 valence electrons. The molecule has 9 heterocycles. The first kappa shape index (κ1) is 87.6. The van der Waals surface area contributed by atoms with Crippen LogP contribution in [0.15, 0.2) is 281 Å². The Morgan fingerprint density at radius 2 is 0.586 bits per heavy atom. The summed E-state index contributed by atoms with van der Waals surface area (Å²) in [6.07, 6.45) is 11.2. The van der Waals surface area contributed by atoms with Crippen molar-refractivity contribution in [3.63, 3.8) is 0 Å². The van der Waals surface area contributed by atoms with Crippen molar-refractivity contribution in [2.45, 2.75) is 133 Å². The van der Waals surface area contributed by atoms with Gasteiger partial charge < -0.3 is 43.2 Å². The molecule has 9 aromatic carbocycles. The number of fused-ring (bicyclic) bond motifs is 9. The first-order valence-electron chi connectivity index (χ1n) is 38.9. The second-order valence-corrected chi connectivity index (χ2v) is 30.1. The van der Waals surface area contributed by atoms with Gasteiger partial charge in [-0.15, -0.1) is 162 Å². The van der Waals surface area contributed by atoms with Crippen molar-refractivity contribution in [2.24, 2.45) is 0 Å². The average molecular weight is 2050 g/mol. The zero-order valence-corrected chi connectivity index (χ0v) is 75.4. The number of hydrogen-bond acceptors (Lipinski definition) is 9. The largest absolute Gasteiger partial charge is 0.500 e. The van der Waals surface area contributed by atoms with Crippen molar-refractivity contribution >= 4 is 65.8 Å². The van der Waals surface area contributed by atoms with Crippen LogP contribution in [-0.4, -0.2) is 29.9 Å². The minimum absolute atomic E-state index is 0. The molecule has 9 aromatic heterocycles. The van der Waals surface area contributed by atoms with Crippen LogP contribution in [0.5, 0.6) is 0 Å². The van der Waals surface area contributed by atoms with Gasteiger partial charge in [0, 0.05) is 114 Å². The first-order valence-corrected chi connectivity index (χ1v) is 38.9. The van der Waals surface area contributed by atoms with Gasteiger partial charge in [0.2, 0.25) is 0 Å². The Morgan fingerprint density at radius 1 is 0.250 bits per heavy atom. The summed E-state index contributed by atoms with van der Waals surface area (Å²) in [5, 5.41) is 6.86. The number of aryl methyl sites for hydroxylation is 5. The molecule has 0 amide bonds. The molecule has 0 unspecified atom stereocenters. The SMILES string of the molecule is CC(C)c1cccc2c1oc1c(-c3ccccn3)[c-]ccc12.CC(C)c1ccnc(-c2[c-]ccc3c2oc2c(C(C)C)cccc23)c1.CC(C)c1ccnc(-c2[c-]ccc3c2oc2c(C(C)C)cccc23)c1.Cc1ccnc(-c2[c-]cccc2)c1.Cc1cnc(-c2[c-]cccc2)cc1C.Cc1cnc(-c2[c-]cccc2)cc1C.[Ir].[Ir].[Ir]. The molecule has 18 aromatic rings. The summed E-state index contributed by atoms with van der Waals surface area (Å²) in [6, 6.07) is 97.0. The van der Waals surface area contributed by atoms with E-state index in [1.807, 2.05) is 146 Å². The summed E-state index contributed by atoms with van der Waals surface area (Å²) in [7, 11) is 0. The van der Waals surface area contributed by atoms with Crippen molar-refractivity contribution in [1.82, 2.24) is 29.9 Å². The number of nitrogens with zero attached hydrogens (tertiary/aromatic N) is 6. The Balaban J connectivity index is 0.000000149. The van der Waals surface area contributed by atoms with E-state index in [4.69, 9.17) is 13.3 Å². The standard InChI is InChI=1S/2C23H22NO.C20H16NO.2C13H12N.C12H10N.3Ir/c2*1-14(2)16-11-12-24-21(13-16)20-10-6-9-19-18-8-5-7-17(15(3)4)22(18)25-23(19)20;1-13(2)14-7-5-8-15-16-9-6-10-17(20(16)22-19(14)15)18-11-3-4-12-21-18;2*1-10-8-13(14-9-11(10)2)12-6-4-3-5-7-12;1-10-7-8-13-12(9-10)11-5-3-2-4-6-11;;;/h2*5-9,11-15H,1-4H3;3-9,11-13H,1-2H3;2*3-6,8-9H,1-2H3;2-5,7-9H,1H3;;;/q6*-1;;;. The van der Waals surface area contributed by atoms with Crippen LogP contribution in [-0.2, 0) is 60.3 Å². The topological polar surface area (TPSA) is 117 Å². The number of furan rings is 3. The maximum atomic E-state index is 6.36. The van der Waals surface area contributed by atoms with E-state index in [9.17, 15) is 0 Å². The van der Waals surface area contributed by atoms with E-state index in [2.05, 4.69) is 285 Å². The zero-order valence-electron chi connectivity index (χ0n) is 68.2. The van der Waals surface area contributed by atoms with E-state index < -0.39 is 0 Å². The van der Waals surface area contributed by atoms with Crippen molar-refractivity contribution in [2.75, 3.05) is 0 Å². The van der Waals surface area contributed by atoms with Crippen LogP contribution in [0.25, 0.3) is 133 Å². The quantitative estimate of drug-likeness (QED) is 0.117.